The van der Waals surface area contributed by atoms with Crippen molar-refractivity contribution in [2.24, 2.45) is 0 Å². The first-order chi connectivity index (χ1) is 9.13. The van der Waals surface area contributed by atoms with Gasteiger partial charge in [0.25, 0.3) is 0 Å². The normalized spacial score (nSPS) is 10.9. The molecule has 1 aromatic carbocycles. The summed E-state index contributed by atoms with van der Waals surface area (Å²) in [5.74, 6) is 1.96. The fourth-order valence-electron chi connectivity index (χ4n) is 1.45. The predicted molar refractivity (Wildman–Crippen MR) is 73.2 cm³/mol. The second kappa shape index (κ2) is 7.77. The summed E-state index contributed by atoms with van der Waals surface area (Å²) < 4.78 is 0. The maximum Gasteiger partial charge on any atom is 0.315 e. The van der Waals surface area contributed by atoms with E-state index in [0.717, 1.165) is 5.56 Å². The van der Waals surface area contributed by atoms with E-state index in [-0.39, 0.29) is 25.0 Å². The minimum absolute atomic E-state index is 0.102. The molecular weight excluding hydrogens is 242 g/mol. The summed E-state index contributed by atoms with van der Waals surface area (Å²) in [4.78, 5) is 22.8. The molecule has 0 aliphatic carbocycles. The number of rotatable bonds is 5. The van der Waals surface area contributed by atoms with Crippen LogP contribution < -0.4 is 16.0 Å². The van der Waals surface area contributed by atoms with Crippen LogP contribution in [0.1, 0.15) is 18.5 Å². The van der Waals surface area contributed by atoms with Gasteiger partial charge in [0.05, 0.1) is 19.1 Å². The zero-order valence-electron chi connectivity index (χ0n) is 10.8. The van der Waals surface area contributed by atoms with Gasteiger partial charge >= 0.3 is 6.03 Å². The molecule has 0 radical (unpaired) electrons. The number of nitrogens with one attached hydrogen (secondary N) is 3. The SMILES string of the molecule is C#CCNC(=O)CNC(=O)N[C@@H](C)c1ccccc1. The van der Waals surface area contributed by atoms with Crippen molar-refractivity contribution in [2.75, 3.05) is 13.1 Å². The van der Waals surface area contributed by atoms with Crippen LogP contribution in [-0.2, 0) is 4.79 Å². The van der Waals surface area contributed by atoms with E-state index in [1.165, 1.54) is 0 Å². The molecule has 0 saturated heterocycles. The van der Waals surface area contributed by atoms with Gasteiger partial charge in [-0.25, -0.2) is 4.79 Å². The van der Waals surface area contributed by atoms with Crippen molar-refractivity contribution in [1.82, 2.24) is 16.0 Å². The Morgan fingerprint density at radius 1 is 1.26 bits per heavy atom. The van der Waals surface area contributed by atoms with Crippen molar-refractivity contribution in [3.63, 3.8) is 0 Å². The molecule has 0 fully saturated rings. The standard InChI is InChI=1S/C14H17N3O2/c1-3-9-15-13(18)10-16-14(19)17-11(2)12-7-5-4-6-8-12/h1,4-8,11H,9-10H2,2H3,(H,15,18)(H2,16,17,19)/t11-/m0/s1. The average molecular weight is 259 g/mol. The maximum atomic E-state index is 11.6. The van der Waals surface area contributed by atoms with E-state index in [1.54, 1.807) is 0 Å². The highest BCUT2D eigenvalue weighted by Gasteiger charge is 2.09. The number of terminal acetylenes is 1. The molecule has 100 valence electrons. The predicted octanol–water partition coefficient (Wildman–Crippen LogP) is 0.796. The maximum absolute atomic E-state index is 11.6. The van der Waals surface area contributed by atoms with Crippen molar-refractivity contribution < 1.29 is 9.59 Å². The Morgan fingerprint density at radius 3 is 2.58 bits per heavy atom. The number of carbonyl (C=O) groups excluding carboxylic acids is 2. The van der Waals surface area contributed by atoms with Crippen LogP contribution in [0.25, 0.3) is 0 Å². The monoisotopic (exact) mass is 259 g/mol. The van der Waals surface area contributed by atoms with Gasteiger partial charge in [0.1, 0.15) is 0 Å². The first-order valence-electron chi connectivity index (χ1n) is 5.93. The second-order valence-corrected chi connectivity index (χ2v) is 3.94. The van der Waals surface area contributed by atoms with E-state index in [2.05, 4.69) is 21.9 Å². The highest BCUT2D eigenvalue weighted by molar-refractivity contribution is 5.84. The van der Waals surface area contributed by atoms with Crippen LogP contribution in [0.5, 0.6) is 0 Å². The molecule has 0 bridgehead atoms. The van der Waals surface area contributed by atoms with E-state index in [1.807, 2.05) is 37.3 Å². The largest absolute Gasteiger partial charge is 0.344 e. The van der Waals surface area contributed by atoms with Gasteiger partial charge < -0.3 is 16.0 Å². The molecule has 0 aliphatic rings. The number of hydrogen-bond donors (Lipinski definition) is 3. The van der Waals surface area contributed by atoms with Crippen molar-refractivity contribution in [3.05, 3.63) is 35.9 Å². The first-order valence-corrected chi connectivity index (χ1v) is 5.93. The summed E-state index contributed by atoms with van der Waals surface area (Å²) in [5.41, 5.74) is 0.995. The van der Waals surface area contributed by atoms with Gasteiger partial charge in [-0.2, -0.15) is 0 Å². The lowest BCUT2D eigenvalue weighted by atomic mass is 10.1. The van der Waals surface area contributed by atoms with Crippen molar-refractivity contribution in [2.45, 2.75) is 13.0 Å². The Kier molecular flexibility index (Phi) is 5.96. The molecule has 5 nitrogen and oxygen atoms in total. The minimum Gasteiger partial charge on any atom is -0.344 e. The number of urea groups is 1. The molecule has 1 aromatic rings. The number of benzene rings is 1. The molecule has 5 heteroatoms. The van der Waals surface area contributed by atoms with E-state index in [9.17, 15) is 9.59 Å². The topological polar surface area (TPSA) is 70.2 Å². The zero-order chi connectivity index (χ0) is 14.1. The van der Waals surface area contributed by atoms with Crippen LogP contribution in [0.2, 0.25) is 0 Å². The van der Waals surface area contributed by atoms with Crippen molar-refractivity contribution >= 4 is 11.9 Å². The fourth-order valence-corrected chi connectivity index (χ4v) is 1.45. The van der Waals surface area contributed by atoms with Gasteiger partial charge in [0, 0.05) is 0 Å². The number of carbonyl (C=O) groups is 2. The molecule has 1 atom stereocenters. The van der Waals surface area contributed by atoms with Crippen LogP contribution in [0, 0.1) is 12.3 Å². The van der Waals surface area contributed by atoms with Gasteiger partial charge in [-0.1, -0.05) is 36.3 Å². The second-order valence-electron chi connectivity index (χ2n) is 3.94. The average Bonchev–Trinajstić information content (AvgIpc) is 2.43. The Bertz CT molecular complexity index is 465. The number of amides is 3. The van der Waals surface area contributed by atoms with Gasteiger partial charge in [-0.15, -0.1) is 6.42 Å². The molecule has 1 rings (SSSR count). The summed E-state index contributed by atoms with van der Waals surface area (Å²) in [5, 5.41) is 7.65. The highest BCUT2D eigenvalue weighted by atomic mass is 16.2. The van der Waals surface area contributed by atoms with Crippen LogP contribution in [0.15, 0.2) is 30.3 Å². The van der Waals surface area contributed by atoms with Crippen molar-refractivity contribution in [3.8, 4) is 12.3 Å². The van der Waals surface area contributed by atoms with Gasteiger partial charge in [-0.05, 0) is 12.5 Å². The number of hydrogen-bond acceptors (Lipinski definition) is 2. The molecule has 0 aromatic heterocycles. The summed E-state index contributed by atoms with van der Waals surface area (Å²) in [6.07, 6.45) is 5.00. The molecular formula is C14H17N3O2. The summed E-state index contributed by atoms with van der Waals surface area (Å²) in [6, 6.07) is 9.03. The summed E-state index contributed by atoms with van der Waals surface area (Å²) in [6.45, 7) is 1.92. The Balaban J connectivity index is 2.32. The molecule has 0 heterocycles. The zero-order valence-corrected chi connectivity index (χ0v) is 10.8. The quantitative estimate of drug-likeness (QED) is 0.684. The Labute approximate surface area is 112 Å². The van der Waals surface area contributed by atoms with Gasteiger partial charge in [0.15, 0.2) is 0 Å². The molecule has 3 amide bonds. The first kappa shape index (κ1) is 14.6. The lowest BCUT2D eigenvalue weighted by Gasteiger charge is -2.14. The van der Waals surface area contributed by atoms with Crippen LogP contribution in [0.4, 0.5) is 4.79 Å². The van der Waals surface area contributed by atoms with Gasteiger partial charge in [0.2, 0.25) is 5.91 Å². The van der Waals surface area contributed by atoms with E-state index >= 15 is 0 Å². The van der Waals surface area contributed by atoms with Crippen LogP contribution in [0.3, 0.4) is 0 Å². The van der Waals surface area contributed by atoms with E-state index < -0.39 is 6.03 Å². The Hall–Kier alpha value is -2.48. The van der Waals surface area contributed by atoms with Crippen LogP contribution in [-0.4, -0.2) is 25.0 Å². The summed E-state index contributed by atoms with van der Waals surface area (Å²) >= 11 is 0. The lowest BCUT2D eigenvalue weighted by molar-refractivity contribution is -0.119. The van der Waals surface area contributed by atoms with E-state index in [0.29, 0.717) is 0 Å². The smallest absolute Gasteiger partial charge is 0.315 e. The molecule has 0 unspecified atom stereocenters. The summed E-state index contributed by atoms with van der Waals surface area (Å²) in [7, 11) is 0. The third kappa shape index (κ3) is 5.59. The Morgan fingerprint density at radius 2 is 1.95 bits per heavy atom. The lowest BCUT2D eigenvalue weighted by Crippen LogP contribution is -2.42. The van der Waals surface area contributed by atoms with Gasteiger partial charge in [-0.3, -0.25) is 4.79 Å². The minimum atomic E-state index is -0.396. The molecule has 0 saturated carbocycles. The highest BCUT2D eigenvalue weighted by Crippen LogP contribution is 2.10. The van der Waals surface area contributed by atoms with Crippen LogP contribution >= 0.6 is 0 Å². The third-order valence-corrected chi connectivity index (χ3v) is 2.44. The van der Waals surface area contributed by atoms with Crippen molar-refractivity contribution in [1.29, 1.82) is 0 Å². The third-order valence-electron chi connectivity index (χ3n) is 2.44. The van der Waals surface area contributed by atoms with E-state index in [4.69, 9.17) is 6.42 Å². The molecule has 0 spiro atoms. The molecule has 0 aliphatic heterocycles. The molecule has 19 heavy (non-hydrogen) atoms. The molecule has 3 N–H and O–H groups in total. The fraction of sp³-hybridized carbons (Fsp3) is 0.286.